The van der Waals surface area contributed by atoms with Crippen molar-refractivity contribution in [2.24, 2.45) is 5.41 Å². The van der Waals surface area contributed by atoms with Crippen molar-refractivity contribution in [3.63, 3.8) is 0 Å². The highest BCUT2D eigenvalue weighted by Gasteiger charge is 2.55. The van der Waals surface area contributed by atoms with Crippen molar-refractivity contribution >= 4 is 0 Å². The van der Waals surface area contributed by atoms with E-state index in [9.17, 15) is 10.4 Å². The van der Waals surface area contributed by atoms with Gasteiger partial charge in [-0.3, -0.25) is 0 Å². The van der Waals surface area contributed by atoms with Gasteiger partial charge >= 0.3 is 0 Å². The van der Waals surface area contributed by atoms with Gasteiger partial charge in [0.2, 0.25) is 0 Å². The first-order valence-electron chi connectivity index (χ1n) is 7.05. The molecule has 0 amide bonds. The SMILES string of the molecule is CC1CC(O)(C2(C#N)COc3ccccc3C2)CCO1. The van der Waals surface area contributed by atoms with Crippen molar-refractivity contribution in [2.75, 3.05) is 13.2 Å². The molecule has 1 aromatic carbocycles. The fourth-order valence-electron chi connectivity index (χ4n) is 3.34. The summed E-state index contributed by atoms with van der Waals surface area (Å²) in [5.74, 6) is 0.821. The topological polar surface area (TPSA) is 62.5 Å². The summed E-state index contributed by atoms with van der Waals surface area (Å²) in [5.41, 5.74) is -0.945. The Hall–Kier alpha value is -1.57. The van der Waals surface area contributed by atoms with Crippen LogP contribution >= 0.6 is 0 Å². The molecule has 0 bridgehead atoms. The Labute approximate surface area is 118 Å². The lowest BCUT2D eigenvalue weighted by Crippen LogP contribution is -2.57. The first kappa shape index (κ1) is 13.4. The number of nitriles is 1. The highest BCUT2D eigenvalue weighted by Crippen LogP contribution is 2.46. The van der Waals surface area contributed by atoms with Gasteiger partial charge in [-0.25, -0.2) is 0 Å². The quantitative estimate of drug-likeness (QED) is 0.850. The molecule has 0 radical (unpaired) electrons. The average molecular weight is 273 g/mol. The van der Waals surface area contributed by atoms with Gasteiger partial charge in [-0.05, 0) is 18.6 Å². The van der Waals surface area contributed by atoms with Crippen LogP contribution in [0.4, 0.5) is 0 Å². The number of ether oxygens (including phenoxy) is 2. The van der Waals surface area contributed by atoms with Crippen LogP contribution in [0.2, 0.25) is 0 Å². The molecule has 0 spiro atoms. The van der Waals surface area contributed by atoms with Crippen molar-refractivity contribution in [3.8, 4) is 11.8 Å². The fraction of sp³-hybridized carbons (Fsp3) is 0.562. The first-order valence-corrected chi connectivity index (χ1v) is 7.05. The Bertz CT molecular complexity index is 553. The van der Waals surface area contributed by atoms with E-state index in [0.29, 0.717) is 25.9 Å². The summed E-state index contributed by atoms with van der Waals surface area (Å²) in [5, 5.41) is 20.8. The molecule has 4 heteroatoms. The fourth-order valence-corrected chi connectivity index (χ4v) is 3.34. The van der Waals surface area contributed by atoms with Gasteiger partial charge in [0.25, 0.3) is 0 Å². The Morgan fingerprint density at radius 2 is 2.20 bits per heavy atom. The lowest BCUT2D eigenvalue weighted by molar-refractivity contribution is -0.158. The second-order valence-electron chi connectivity index (χ2n) is 5.93. The van der Waals surface area contributed by atoms with Crippen LogP contribution in [-0.4, -0.2) is 30.0 Å². The van der Waals surface area contributed by atoms with Crippen LogP contribution in [0.15, 0.2) is 24.3 Å². The van der Waals surface area contributed by atoms with Gasteiger partial charge in [-0.2, -0.15) is 5.26 Å². The van der Waals surface area contributed by atoms with E-state index >= 15 is 0 Å². The molecular weight excluding hydrogens is 254 g/mol. The maximum absolute atomic E-state index is 11.1. The number of aliphatic hydroxyl groups is 1. The van der Waals surface area contributed by atoms with Crippen molar-refractivity contribution < 1.29 is 14.6 Å². The minimum absolute atomic E-state index is 0.0313. The van der Waals surface area contributed by atoms with E-state index in [1.54, 1.807) is 0 Å². The molecular formula is C16H19NO3. The Morgan fingerprint density at radius 3 is 2.95 bits per heavy atom. The third kappa shape index (κ3) is 1.98. The van der Waals surface area contributed by atoms with Gasteiger partial charge in [-0.15, -0.1) is 0 Å². The maximum atomic E-state index is 11.1. The van der Waals surface area contributed by atoms with Gasteiger partial charge in [0.15, 0.2) is 0 Å². The monoisotopic (exact) mass is 273 g/mol. The van der Waals surface area contributed by atoms with E-state index in [-0.39, 0.29) is 12.7 Å². The zero-order valence-corrected chi connectivity index (χ0v) is 11.6. The van der Waals surface area contributed by atoms with E-state index in [0.717, 1.165) is 11.3 Å². The summed E-state index contributed by atoms with van der Waals surface area (Å²) in [6.07, 6.45) is 1.46. The van der Waals surface area contributed by atoms with Crippen molar-refractivity contribution in [1.29, 1.82) is 5.26 Å². The minimum atomic E-state index is -1.05. The molecule has 0 aromatic heterocycles. The molecule has 4 nitrogen and oxygen atoms in total. The van der Waals surface area contributed by atoms with Crippen LogP contribution in [0, 0.1) is 16.7 Å². The van der Waals surface area contributed by atoms with Crippen LogP contribution in [0.5, 0.6) is 5.75 Å². The van der Waals surface area contributed by atoms with Crippen LogP contribution in [0.25, 0.3) is 0 Å². The number of para-hydroxylation sites is 1. The van der Waals surface area contributed by atoms with Crippen molar-refractivity contribution in [2.45, 2.75) is 37.9 Å². The molecule has 3 rings (SSSR count). The molecule has 0 saturated carbocycles. The Balaban J connectivity index is 1.96. The van der Waals surface area contributed by atoms with Crippen molar-refractivity contribution in [1.82, 2.24) is 0 Å². The number of fused-ring (bicyclic) bond motifs is 1. The molecule has 2 aliphatic rings. The predicted molar refractivity (Wildman–Crippen MR) is 73.3 cm³/mol. The number of hydrogen-bond acceptors (Lipinski definition) is 4. The largest absolute Gasteiger partial charge is 0.492 e. The normalized spacial score (nSPS) is 36.5. The number of nitrogens with zero attached hydrogens (tertiary/aromatic N) is 1. The Kier molecular flexibility index (Phi) is 3.19. The molecule has 0 aliphatic carbocycles. The molecule has 20 heavy (non-hydrogen) atoms. The number of rotatable bonds is 1. The smallest absolute Gasteiger partial charge is 0.124 e. The molecule has 2 aliphatic heterocycles. The van der Waals surface area contributed by atoms with E-state index < -0.39 is 11.0 Å². The minimum Gasteiger partial charge on any atom is -0.492 e. The third-order valence-corrected chi connectivity index (χ3v) is 4.59. The molecule has 1 N–H and O–H groups in total. The van der Waals surface area contributed by atoms with Crippen LogP contribution in [0.1, 0.15) is 25.3 Å². The second kappa shape index (κ2) is 4.76. The van der Waals surface area contributed by atoms with Gasteiger partial charge < -0.3 is 14.6 Å². The standard InChI is InChI=1S/C16H19NO3/c1-12-8-16(18,6-7-19-12)15(10-17)9-13-4-2-3-5-14(13)20-11-15/h2-5,12,18H,6-9,11H2,1H3. The van der Waals surface area contributed by atoms with Gasteiger partial charge in [0, 0.05) is 25.9 Å². The van der Waals surface area contributed by atoms with Crippen LogP contribution in [0.3, 0.4) is 0 Å². The van der Waals surface area contributed by atoms with Gasteiger partial charge in [0.1, 0.15) is 17.8 Å². The third-order valence-electron chi connectivity index (χ3n) is 4.59. The van der Waals surface area contributed by atoms with E-state index in [2.05, 4.69) is 6.07 Å². The van der Waals surface area contributed by atoms with Gasteiger partial charge in [-0.1, -0.05) is 18.2 Å². The summed E-state index contributed by atoms with van der Waals surface area (Å²) in [6.45, 7) is 2.67. The molecule has 2 heterocycles. The summed E-state index contributed by atoms with van der Waals surface area (Å²) in [6, 6.07) is 10.1. The Morgan fingerprint density at radius 1 is 1.40 bits per heavy atom. The number of benzene rings is 1. The number of hydrogen-bond donors (Lipinski definition) is 1. The zero-order valence-electron chi connectivity index (χ0n) is 11.6. The molecule has 3 unspecified atom stereocenters. The van der Waals surface area contributed by atoms with Gasteiger partial charge in [0.05, 0.1) is 17.8 Å². The molecule has 106 valence electrons. The molecule has 1 saturated heterocycles. The highest BCUT2D eigenvalue weighted by molar-refractivity contribution is 5.38. The second-order valence-corrected chi connectivity index (χ2v) is 5.93. The van der Waals surface area contributed by atoms with E-state index in [1.807, 2.05) is 31.2 Å². The summed E-state index contributed by atoms with van der Waals surface area (Å²) >= 11 is 0. The van der Waals surface area contributed by atoms with Crippen molar-refractivity contribution in [3.05, 3.63) is 29.8 Å². The summed E-state index contributed by atoms with van der Waals surface area (Å²) < 4.78 is 11.3. The average Bonchev–Trinajstić information content (AvgIpc) is 2.46. The zero-order chi connectivity index (χ0) is 14.2. The lowest BCUT2D eigenvalue weighted by Gasteiger charge is -2.48. The van der Waals surface area contributed by atoms with E-state index in [1.165, 1.54) is 0 Å². The predicted octanol–water partition coefficient (Wildman–Crippen LogP) is 2.06. The summed E-state index contributed by atoms with van der Waals surface area (Å²) in [4.78, 5) is 0. The summed E-state index contributed by atoms with van der Waals surface area (Å²) in [7, 11) is 0. The molecule has 1 fully saturated rings. The van der Waals surface area contributed by atoms with E-state index in [4.69, 9.17) is 9.47 Å². The molecule has 1 aromatic rings. The molecule has 3 atom stereocenters. The van der Waals surface area contributed by atoms with Crippen LogP contribution < -0.4 is 4.74 Å². The first-order chi connectivity index (χ1) is 9.59. The maximum Gasteiger partial charge on any atom is 0.124 e. The lowest BCUT2D eigenvalue weighted by atomic mass is 9.64. The van der Waals surface area contributed by atoms with Crippen LogP contribution in [-0.2, 0) is 11.2 Å². The highest BCUT2D eigenvalue weighted by atomic mass is 16.5.